The van der Waals surface area contributed by atoms with Gasteiger partial charge in [-0.2, -0.15) is 0 Å². The second-order valence-electron chi connectivity index (χ2n) is 5.15. The van der Waals surface area contributed by atoms with E-state index in [0.29, 0.717) is 12.8 Å². The molecule has 0 amide bonds. The van der Waals surface area contributed by atoms with Gasteiger partial charge < -0.3 is 4.79 Å². The topological polar surface area (TPSA) is 34.1 Å². The van der Waals surface area contributed by atoms with Crippen LogP contribution >= 0.6 is 27.7 Å². The predicted molar refractivity (Wildman–Crippen MR) is 94.1 cm³/mol. The first kappa shape index (κ1) is 17.0. The second kappa shape index (κ2) is 8.30. The third-order valence-electron chi connectivity index (χ3n) is 3.26. The van der Waals surface area contributed by atoms with Gasteiger partial charge in [-0.05, 0) is 42.7 Å². The largest absolute Gasteiger partial charge is 0.300 e. The van der Waals surface area contributed by atoms with Crippen molar-refractivity contribution < 1.29 is 9.59 Å². The highest BCUT2D eigenvalue weighted by atomic mass is 79.9. The zero-order chi connectivity index (χ0) is 15.9. The number of hydrogen-bond acceptors (Lipinski definition) is 3. The molecule has 0 radical (unpaired) electrons. The molecule has 0 aliphatic heterocycles. The number of rotatable bonds is 6. The Balaban J connectivity index is 2.07. The highest BCUT2D eigenvalue weighted by molar-refractivity contribution is 9.10. The molecule has 0 saturated carbocycles. The second-order valence-corrected chi connectivity index (χ2v) is 7.19. The summed E-state index contributed by atoms with van der Waals surface area (Å²) >= 11 is 4.64. The molecule has 2 nitrogen and oxygen atoms in total. The zero-order valence-electron chi connectivity index (χ0n) is 12.3. The van der Waals surface area contributed by atoms with Crippen LogP contribution in [0.25, 0.3) is 0 Å². The Morgan fingerprint density at radius 2 is 1.64 bits per heavy atom. The highest BCUT2D eigenvalue weighted by Gasteiger charge is 2.18. The first-order chi connectivity index (χ1) is 10.5. The molecule has 2 aromatic carbocycles. The normalized spacial score (nSPS) is 11.9. The highest BCUT2D eigenvalue weighted by Crippen LogP contribution is 2.30. The molecule has 2 rings (SSSR count). The third kappa shape index (κ3) is 5.43. The maximum Gasteiger partial charge on any atom is 0.194 e. The quantitative estimate of drug-likeness (QED) is 0.648. The Morgan fingerprint density at radius 3 is 2.23 bits per heavy atom. The van der Waals surface area contributed by atoms with Gasteiger partial charge >= 0.3 is 0 Å². The van der Waals surface area contributed by atoms with E-state index in [4.69, 9.17) is 0 Å². The summed E-state index contributed by atoms with van der Waals surface area (Å²) in [6.45, 7) is 1.57. The van der Waals surface area contributed by atoms with E-state index >= 15 is 0 Å². The minimum Gasteiger partial charge on any atom is -0.300 e. The fourth-order valence-corrected chi connectivity index (χ4v) is 3.36. The molecule has 0 heterocycles. The molecule has 0 aliphatic carbocycles. The van der Waals surface area contributed by atoms with E-state index in [1.165, 1.54) is 11.8 Å². The molecule has 0 unspecified atom stereocenters. The van der Waals surface area contributed by atoms with Crippen LogP contribution in [-0.4, -0.2) is 10.9 Å². The lowest BCUT2D eigenvalue weighted by atomic mass is 9.91. The van der Waals surface area contributed by atoms with Gasteiger partial charge in [-0.15, -0.1) is 0 Å². The summed E-state index contributed by atoms with van der Waals surface area (Å²) in [4.78, 5) is 24.7. The van der Waals surface area contributed by atoms with Crippen LogP contribution in [0.3, 0.4) is 0 Å². The fraction of sp³-hybridized carbons (Fsp3) is 0.222. The number of halogens is 1. The van der Waals surface area contributed by atoms with Crippen molar-refractivity contribution >= 4 is 38.6 Å². The Morgan fingerprint density at radius 1 is 1.00 bits per heavy atom. The number of carbonyl (C=O) groups is 2. The fourth-order valence-electron chi connectivity index (χ4n) is 2.25. The molecule has 0 fully saturated rings. The molecular weight excluding hydrogens is 360 g/mol. The van der Waals surface area contributed by atoms with Crippen molar-refractivity contribution in [3.8, 4) is 0 Å². The standard InChI is InChI=1S/C18H17BrO2S/c1-13(20)11-15(14-7-9-16(19)10-8-14)12-18(21)22-17-5-3-2-4-6-17/h2-10,15H,11-12H2,1H3/t15-/m1/s1. The summed E-state index contributed by atoms with van der Waals surface area (Å²) in [5, 5.41) is 0.0837. The monoisotopic (exact) mass is 376 g/mol. The van der Waals surface area contributed by atoms with Crippen molar-refractivity contribution in [3.05, 3.63) is 64.6 Å². The van der Waals surface area contributed by atoms with Crippen LogP contribution in [-0.2, 0) is 9.59 Å². The Kier molecular flexibility index (Phi) is 6.40. The number of hydrogen-bond donors (Lipinski definition) is 0. The summed E-state index contributed by atoms with van der Waals surface area (Å²) in [5.74, 6) is 0.0414. The molecule has 0 aliphatic rings. The van der Waals surface area contributed by atoms with Crippen molar-refractivity contribution in [1.82, 2.24) is 0 Å². The molecule has 114 valence electrons. The van der Waals surface area contributed by atoms with Crippen molar-refractivity contribution in [2.75, 3.05) is 0 Å². The average Bonchev–Trinajstić information content (AvgIpc) is 2.48. The average molecular weight is 377 g/mol. The van der Waals surface area contributed by atoms with Gasteiger partial charge in [0.1, 0.15) is 5.78 Å². The van der Waals surface area contributed by atoms with Gasteiger partial charge in [0.25, 0.3) is 0 Å². The van der Waals surface area contributed by atoms with E-state index in [1.54, 1.807) is 6.92 Å². The van der Waals surface area contributed by atoms with Gasteiger partial charge in [-0.25, -0.2) is 0 Å². The van der Waals surface area contributed by atoms with Crippen LogP contribution in [0.2, 0.25) is 0 Å². The molecule has 0 bridgehead atoms. The number of thioether (sulfide) groups is 1. The number of ketones is 1. The smallest absolute Gasteiger partial charge is 0.194 e. The minimum absolute atomic E-state index is 0.0608. The molecule has 2 aromatic rings. The van der Waals surface area contributed by atoms with Crippen molar-refractivity contribution in [1.29, 1.82) is 0 Å². The lowest BCUT2D eigenvalue weighted by Crippen LogP contribution is -2.08. The van der Waals surface area contributed by atoms with Gasteiger partial charge in [0.15, 0.2) is 5.12 Å². The minimum atomic E-state index is -0.0608. The number of benzene rings is 2. The van der Waals surface area contributed by atoms with E-state index in [-0.39, 0.29) is 16.8 Å². The first-order valence-electron chi connectivity index (χ1n) is 7.05. The maximum atomic E-state index is 12.3. The maximum absolute atomic E-state index is 12.3. The lowest BCUT2D eigenvalue weighted by Gasteiger charge is -2.15. The third-order valence-corrected chi connectivity index (χ3v) is 4.69. The van der Waals surface area contributed by atoms with Gasteiger partial charge in [-0.3, -0.25) is 4.79 Å². The van der Waals surface area contributed by atoms with Gasteiger partial charge in [0, 0.05) is 22.2 Å². The number of Topliss-reactive ketones (excluding diaryl/α,β-unsaturated/α-hetero) is 1. The summed E-state index contributed by atoms with van der Waals surface area (Å²) in [6, 6.07) is 17.4. The predicted octanol–water partition coefficient (Wildman–Crippen LogP) is 5.22. The van der Waals surface area contributed by atoms with Gasteiger partial charge in [0.05, 0.1) is 0 Å². The summed E-state index contributed by atoms with van der Waals surface area (Å²) in [6.07, 6.45) is 0.753. The molecule has 0 N–H and O–H groups in total. The van der Waals surface area contributed by atoms with Gasteiger partial charge in [0.2, 0.25) is 0 Å². The van der Waals surface area contributed by atoms with Crippen LogP contribution in [0, 0.1) is 0 Å². The SMILES string of the molecule is CC(=O)C[C@H](CC(=O)Sc1ccccc1)c1ccc(Br)cc1. The van der Waals surface area contributed by atoms with Crippen molar-refractivity contribution in [2.24, 2.45) is 0 Å². The van der Waals surface area contributed by atoms with E-state index in [9.17, 15) is 9.59 Å². The number of carbonyl (C=O) groups excluding carboxylic acids is 2. The Hall–Kier alpha value is -1.39. The molecule has 22 heavy (non-hydrogen) atoms. The van der Waals surface area contributed by atoms with Crippen LogP contribution in [0.4, 0.5) is 0 Å². The molecule has 0 aromatic heterocycles. The summed E-state index contributed by atoms with van der Waals surface area (Å²) < 4.78 is 0.989. The Bertz CT molecular complexity index is 638. The van der Waals surface area contributed by atoms with Crippen LogP contribution < -0.4 is 0 Å². The Labute approximate surface area is 143 Å². The first-order valence-corrected chi connectivity index (χ1v) is 8.66. The summed E-state index contributed by atoms with van der Waals surface area (Å²) in [5.41, 5.74) is 1.03. The molecule has 0 saturated heterocycles. The molecule has 0 spiro atoms. The van der Waals surface area contributed by atoms with E-state index in [1.807, 2.05) is 54.6 Å². The lowest BCUT2D eigenvalue weighted by molar-refractivity contribution is -0.117. The van der Waals surface area contributed by atoms with E-state index < -0.39 is 0 Å². The summed E-state index contributed by atoms with van der Waals surface area (Å²) in [7, 11) is 0. The zero-order valence-corrected chi connectivity index (χ0v) is 14.7. The molecule has 1 atom stereocenters. The van der Waals surface area contributed by atoms with Crippen LogP contribution in [0.15, 0.2) is 64.0 Å². The van der Waals surface area contributed by atoms with Crippen LogP contribution in [0.5, 0.6) is 0 Å². The van der Waals surface area contributed by atoms with E-state index in [0.717, 1.165) is 14.9 Å². The van der Waals surface area contributed by atoms with Crippen LogP contribution in [0.1, 0.15) is 31.2 Å². The van der Waals surface area contributed by atoms with E-state index in [2.05, 4.69) is 15.9 Å². The van der Waals surface area contributed by atoms with Crippen molar-refractivity contribution in [2.45, 2.75) is 30.6 Å². The van der Waals surface area contributed by atoms with Crippen molar-refractivity contribution in [3.63, 3.8) is 0 Å². The molecular formula is C18H17BrO2S. The molecule has 4 heteroatoms. The van der Waals surface area contributed by atoms with Gasteiger partial charge in [-0.1, -0.05) is 58.0 Å².